The lowest BCUT2D eigenvalue weighted by Crippen LogP contribution is -2.40. The summed E-state index contributed by atoms with van der Waals surface area (Å²) in [5.74, 6) is 0.751. The van der Waals surface area contributed by atoms with Crippen molar-refractivity contribution in [3.8, 4) is 5.75 Å². The van der Waals surface area contributed by atoms with Crippen molar-refractivity contribution in [3.05, 3.63) is 126 Å². The first kappa shape index (κ1) is 23.0. The Morgan fingerprint density at radius 1 is 0.743 bits per heavy atom. The van der Waals surface area contributed by atoms with Crippen molar-refractivity contribution >= 4 is 19.4 Å². The zero-order valence-electron chi connectivity index (χ0n) is 20.2. The summed E-state index contributed by atoms with van der Waals surface area (Å²) in [5.41, 5.74) is 2.52. The van der Waals surface area contributed by atoms with Crippen LogP contribution in [0.5, 0.6) is 5.75 Å². The number of fused-ring (bicyclic) bond motifs is 1. The van der Waals surface area contributed by atoms with Crippen LogP contribution in [-0.2, 0) is 5.60 Å². The first-order valence-electron chi connectivity index (χ1n) is 11.8. The highest BCUT2D eigenvalue weighted by Gasteiger charge is 2.45. The Balaban J connectivity index is 1.86. The van der Waals surface area contributed by atoms with Gasteiger partial charge in [-0.1, -0.05) is 96.2 Å². The molecular weight excluding hydrogens is 450 g/mol. The van der Waals surface area contributed by atoms with E-state index in [-0.39, 0.29) is 0 Å². The third-order valence-corrected chi connectivity index (χ3v) is 6.91. The molecule has 0 radical (unpaired) electrons. The number of aromatic nitrogens is 3. The molecule has 0 bridgehead atoms. The maximum Gasteiger partial charge on any atom is 0.242 e. The maximum absolute atomic E-state index is 12.9. The highest BCUT2D eigenvalue weighted by molar-refractivity contribution is 6.70. The van der Waals surface area contributed by atoms with Crippen molar-refractivity contribution in [2.75, 3.05) is 0 Å². The second-order valence-electron chi connectivity index (χ2n) is 9.68. The first-order valence-corrected chi connectivity index (χ1v) is 15.2. The van der Waals surface area contributed by atoms with E-state index in [9.17, 15) is 5.11 Å². The van der Waals surface area contributed by atoms with Gasteiger partial charge in [-0.2, -0.15) is 0 Å². The molecule has 0 aliphatic heterocycles. The molecule has 0 aliphatic rings. The number of rotatable bonds is 7. The summed E-state index contributed by atoms with van der Waals surface area (Å²) in [4.78, 5) is 0. The Morgan fingerprint density at radius 2 is 1.29 bits per heavy atom. The number of nitrogens with zero attached hydrogens (tertiary/aromatic N) is 3. The van der Waals surface area contributed by atoms with Crippen molar-refractivity contribution in [2.24, 2.45) is 0 Å². The van der Waals surface area contributed by atoms with Crippen LogP contribution in [0, 0.1) is 0 Å². The van der Waals surface area contributed by atoms with E-state index in [2.05, 4.69) is 30.0 Å². The van der Waals surface area contributed by atoms with E-state index in [1.54, 1.807) is 0 Å². The van der Waals surface area contributed by atoms with Gasteiger partial charge in [-0.05, 0) is 49.0 Å². The number of para-hydroxylation sites is 2. The molecule has 1 N–H and O–H groups in total. The zero-order valence-corrected chi connectivity index (χ0v) is 21.2. The molecule has 4 aromatic carbocycles. The van der Waals surface area contributed by atoms with Gasteiger partial charge in [-0.15, -0.1) is 5.10 Å². The predicted octanol–water partition coefficient (Wildman–Crippen LogP) is 6.17. The van der Waals surface area contributed by atoms with Crippen LogP contribution < -0.4 is 4.43 Å². The molecule has 6 heteroatoms. The quantitative estimate of drug-likeness (QED) is 0.284. The van der Waals surface area contributed by atoms with Gasteiger partial charge < -0.3 is 9.53 Å². The van der Waals surface area contributed by atoms with Gasteiger partial charge >= 0.3 is 0 Å². The van der Waals surface area contributed by atoms with Crippen molar-refractivity contribution in [3.63, 3.8) is 0 Å². The number of benzene rings is 4. The van der Waals surface area contributed by atoms with E-state index in [1.807, 2.05) is 114 Å². The molecule has 1 unspecified atom stereocenters. The normalized spacial score (nSPS) is 13.0. The second kappa shape index (κ2) is 9.13. The molecule has 5 aromatic rings. The summed E-state index contributed by atoms with van der Waals surface area (Å²) in [7, 11) is -1.96. The fraction of sp³-hybridized carbons (Fsp3) is 0.172. The summed E-state index contributed by atoms with van der Waals surface area (Å²) >= 11 is 0. The van der Waals surface area contributed by atoms with Crippen LogP contribution in [0.1, 0.15) is 22.7 Å². The van der Waals surface area contributed by atoms with Crippen LogP contribution in [0.2, 0.25) is 19.6 Å². The average molecular weight is 480 g/mol. The molecule has 1 aromatic heterocycles. The summed E-state index contributed by atoms with van der Waals surface area (Å²) in [6.07, 6.45) is 0. The Bertz CT molecular complexity index is 1390. The summed E-state index contributed by atoms with van der Waals surface area (Å²) in [6, 6.07) is 34.7. The lowest BCUT2D eigenvalue weighted by Gasteiger charge is -2.39. The van der Waals surface area contributed by atoms with Crippen molar-refractivity contribution < 1.29 is 9.53 Å². The van der Waals surface area contributed by atoms with Crippen LogP contribution in [0.15, 0.2) is 109 Å². The highest BCUT2D eigenvalue weighted by atomic mass is 28.4. The van der Waals surface area contributed by atoms with Crippen LogP contribution in [0.25, 0.3) is 11.0 Å². The lowest BCUT2D eigenvalue weighted by molar-refractivity contribution is 0.0340. The molecule has 1 atom stereocenters. The molecule has 5 nitrogen and oxygen atoms in total. The SMILES string of the molecule is C[Si](C)(C)Oc1ccccc1C(n1nnc2ccccc21)C(O)(c1ccccc1)c1ccccc1. The molecule has 176 valence electrons. The van der Waals surface area contributed by atoms with Gasteiger partial charge in [0.05, 0.1) is 5.52 Å². The van der Waals surface area contributed by atoms with Gasteiger partial charge in [0.15, 0.2) is 0 Å². The number of aliphatic hydroxyl groups is 1. The monoisotopic (exact) mass is 479 g/mol. The zero-order chi connectivity index (χ0) is 24.5. The van der Waals surface area contributed by atoms with Crippen molar-refractivity contribution in [1.29, 1.82) is 0 Å². The van der Waals surface area contributed by atoms with Crippen LogP contribution >= 0.6 is 0 Å². The summed E-state index contributed by atoms with van der Waals surface area (Å²) < 4.78 is 8.39. The fourth-order valence-electron chi connectivity index (χ4n) is 4.61. The summed E-state index contributed by atoms with van der Waals surface area (Å²) in [6.45, 7) is 6.47. The fourth-order valence-corrected chi connectivity index (χ4v) is 5.45. The standard InChI is InChI=1S/C29H29N3O2Si/c1-35(2,3)34-27-21-13-10-18-24(27)28(32-26-20-12-11-19-25(26)30-31-32)29(33,22-14-6-4-7-15-22)23-16-8-5-9-17-23/h4-21,28,33H,1-3H3. The molecule has 35 heavy (non-hydrogen) atoms. The van der Waals surface area contributed by atoms with E-state index < -0.39 is 20.0 Å². The Morgan fingerprint density at radius 3 is 1.91 bits per heavy atom. The van der Waals surface area contributed by atoms with Gasteiger partial charge in [-0.3, -0.25) is 0 Å². The largest absolute Gasteiger partial charge is 0.544 e. The van der Waals surface area contributed by atoms with Crippen LogP contribution in [0.4, 0.5) is 0 Å². The van der Waals surface area contributed by atoms with Crippen molar-refractivity contribution in [1.82, 2.24) is 15.0 Å². The molecule has 5 rings (SSSR count). The van der Waals surface area contributed by atoms with Gasteiger partial charge in [0.2, 0.25) is 8.32 Å². The van der Waals surface area contributed by atoms with Crippen LogP contribution in [-0.4, -0.2) is 28.4 Å². The van der Waals surface area contributed by atoms with E-state index in [1.165, 1.54) is 0 Å². The van der Waals surface area contributed by atoms with E-state index in [0.29, 0.717) is 0 Å². The molecule has 0 saturated carbocycles. The Labute approximate surface area is 206 Å². The van der Waals surface area contributed by atoms with Crippen molar-refractivity contribution in [2.45, 2.75) is 31.3 Å². The third-order valence-electron chi connectivity index (χ3n) is 6.08. The molecule has 0 aliphatic carbocycles. The lowest BCUT2D eigenvalue weighted by atomic mass is 9.77. The Kier molecular flexibility index (Phi) is 6.01. The van der Waals surface area contributed by atoms with Gasteiger partial charge in [-0.25, -0.2) is 4.68 Å². The topological polar surface area (TPSA) is 60.2 Å². The highest BCUT2D eigenvalue weighted by Crippen LogP contribution is 2.46. The minimum Gasteiger partial charge on any atom is -0.544 e. The average Bonchev–Trinajstić information content (AvgIpc) is 3.29. The molecule has 0 amide bonds. The smallest absolute Gasteiger partial charge is 0.242 e. The molecule has 0 fully saturated rings. The molecule has 0 saturated heterocycles. The first-order chi connectivity index (χ1) is 16.9. The van der Waals surface area contributed by atoms with E-state index in [0.717, 1.165) is 33.5 Å². The number of hydrogen-bond acceptors (Lipinski definition) is 4. The van der Waals surface area contributed by atoms with Crippen LogP contribution in [0.3, 0.4) is 0 Å². The maximum atomic E-state index is 12.9. The van der Waals surface area contributed by atoms with E-state index in [4.69, 9.17) is 4.43 Å². The summed E-state index contributed by atoms with van der Waals surface area (Å²) in [5, 5.41) is 21.9. The molecule has 1 heterocycles. The number of hydrogen-bond donors (Lipinski definition) is 1. The second-order valence-corrected chi connectivity index (χ2v) is 14.1. The van der Waals surface area contributed by atoms with E-state index >= 15 is 0 Å². The minimum absolute atomic E-state index is 0.646. The minimum atomic E-state index is -1.96. The van der Waals surface area contributed by atoms with Gasteiger partial charge in [0.25, 0.3) is 0 Å². The molecular formula is C29H29N3O2Si. The predicted molar refractivity (Wildman–Crippen MR) is 142 cm³/mol. The van der Waals surface area contributed by atoms with Gasteiger partial charge in [0, 0.05) is 5.56 Å². The Hall–Kier alpha value is -3.74. The van der Waals surface area contributed by atoms with Gasteiger partial charge in [0.1, 0.15) is 22.9 Å². The molecule has 0 spiro atoms. The third kappa shape index (κ3) is 4.38.